The van der Waals surface area contributed by atoms with Gasteiger partial charge in [0.15, 0.2) is 0 Å². The topological polar surface area (TPSA) is 83.4 Å². The van der Waals surface area contributed by atoms with Gasteiger partial charge in [0.1, 0.15) is 10.6 Å². The summed E-state index contributed by atoms with van der Waals surface area (Å²) in [5.41, 5.74) is 0.347. The molecule has 0 radical (unpaired) electrons. The largest absolute Gasteiger partial charge is 0.345 e. The molecule has 1 unspecified atom stereocenters. The van der Waals surface area contributed by atoms with E-state index in [1.54, 1.807) is 21.1 Å². The van der Waals surface area contributed by atoms with E-state index in [0.29, 0.717) is 12.2 Å². The molecule has 0 spiro atoms. The first-order chi connectivity index (χ1) is 9.81. The molecular formula is C13H23ClN4O3S. The highest BCUT2D eigenvalue weighted by Crippen LogP contribution is 2.15. The molecule has 2 N–H and O–H groups in total. The number of aryl methyl sites for hydroxylation is 1. The lowest BCUT2D eigenvalue weighted by molar-refractivity contribution is 0.0818. The van der Waals surface area contributed by atoms with Crippen LogP contribution in [0.25, 0.3) is 0 Å². The lowest BCUT2D eigenvalue weighted by atomic mass is 10.2. The molecule has 1 saturated heterocycles. The van der Waals surface area contributed by atoms with Crippen molar-refractivity contribution < 1.29 is 13.2 Å². The zero-order valence-electron chi connectivity index (χ0n) is 13.0. The molecule has 126 valence electrons. The van der Waals surface area contributed by atoms with Crippen molar-refractivity contribution in [2.45, 2.75) is 23.8 Å². The van der Waals surface area contributed by atoms with E-state index in [0.717, 1.165) is 19.4 Å². The summed E-state index contributed by atoms with van der Waals surface area (Å²) in [5.74, 6) is -0.226. The third-order valence-electron chi connectivity index (χ3n) is 3.60. The summed E-state index contributed by atoms with van der Waals surface area (Å²) >= 11 is 0. The second kappa shape index (κ2) is 7.45. The molecule has 1 aromatic rings. The van der Waals surface area contributed by atoms with E-state index < -0.39 is 10.0 Å². The zero-order chi connectivity index (χ0) is 15.6. The predicted octanol–water partition coefficient (Wildman–Crippen LogP) is 0.179. The Morgan fingerprint density at radius 3 is 2.73 bits per heavy atom. The highest BCUT2D eigenvalue weighted by molar-refractivity contribution is 7.89. The van der Waals surface area contributed by atoms with Crippen molar-refractivity contribution in [2.24, 2.45) is 7.05 Å². The molecule has 1 fully saturated rings. The fourth-order valence-electron chi connectivity index (χ4n) is 2.35. The van der Waals surface area contributed by atoms with Crippen LogP contribution in [0.1, 0.15) is 23.3 Å². The molecule has 0 aromatic carbocycles. The second-order valence-corrected chi connectivity index (χ2v) is 7.28. The Hall–Kier alpha value is -1.09. The summed E-state index contributed by atoms with van der Waals surface area (Å²) in [6.45, 7) is 1.30. The molecule has 1 atom stereocenters. The fraction of sp³-hybridized carbons (Fsp3) is 0.615. The predicted molar refractivity (Wildman–Crippen MR) is 86.9 cm³/mol. The molecular weight excluding hydrogens is 328 g/mol. The van der Waals surface area contributed by atoms with Crippen LogP contribution < -0.4 is 10.0 Å². The summed E-state index contributed by atoms with van der Waals surface area (Å²) in [6, 6.07) is 1.60. The molecule has 1 aliphatic heterocycles. The minimum atomic E-state index is -3.59. The molecule has 1 aromatic heterocycles. The maximum absolute atomic E-state index is 12.3. The molecule has 1 amide bonds. The van der Waals surface area contributed by atoms with Gasteiger partial charge in [-0.25, -0.2) is 13.1 Å². The van der Waals surface area contributed by atoms with Gasteiger partial charge in [0, 0.05) is 39.9 Å². The Morgan fingerprint density at radius 1 is 1.50 bits per heavy atom. The number of hydrogen-bond acceptors (Lipinski definition) is 4. The average Bonchev–Trinajstić information content (AvgIpc) is 3.05. The van der Waals surface area contributed by atoms with E-state index in [2.05, 4.69) is 10.0 Å². The van der Waals surface area contributed by atoms with Crippen molar-refractivity contribution in [3.8, 4) is 0 Å². The summed E-state index contributed by atoms with van der Waals surface area (Å²) in [5, 5.41) is 3.24. The molecule has 22 heavy (non-hydrogen) atoms. The van der Waals surface area contributed by atoms with Crippen LogP contribution in [0.4, 0.5) is 0 Å². The number of rotatable bonds is 5. The number of halogens is 1. The van der Waals surface area contributed by atoms with Crippen LogP contribution in [0.2, 0.25) is 0 Å². The van der Waals surface area contributed by atoms with Gasteiger partial charge in [0.05, 0.1) is 0 Å². The number of nitrogens with zero attached hydrogens (tertiary/aromatic N) is 2. The van der Waals surface area contributed by atoms with Crippen LogP contribution in [-0.4, -0.2) is 57.0 Å². The Labute approximate surface area is 137 Å². The summed E-state index contributed by atoms with van der Waals surface area (Å²) in [4.78, 5) is 13.5. The molecule has 2 heterocycles. The maximum atomic E-state index is 12.3. The normalized spacial score (nSPS) is 18.0. The number of aromatic nitrogens is 1. The number of carbonyl (C=O) groups is 1. The summed E-state index contributed by atoms with van der Waals surface area (Å²) in [7, 11) is 1.34. The second-order valence-electron chi connectivity index (χ2n) is 5.52. The van der Waals surface area contributed by atoms with Gasteiger partial charge in [0.25, 0.3) is 5.91 Å². The van der Waals surface area contributed by atoms with Crippen LogP contribution in [0.15, 0.2) is 17.2 Å². The first-order valence-corrected chi connectivity index (χ1v) is 8.40. The van der Waals surface area contributed by atoms with Crippen LogP contribution in [-0.2, 0) is 17.1 Å². The van der Waals surface area contributed by atoms with E-state index in [-0.39, 0.29) is 29.3 Å². The van der Waals surface area contributed by atoms with E-state index in [4.69, 9.17) is 0 Å². The molecule has 2 rings (SSSR count). The SMILES string of the molecule is CN(C)C(=O)c1cc(S(=O)(=O)NCC2CCCN2)cn1C.Cl. The van der Waals surface area contributed by atoms with E-state index in [9.17, 15) is 13.2 Å². The van der Waals surface area contributed by atoms with Gasteiger partial charge in [0.2, 0.25) is 10.0 Å². The minimum absolute atomic E-state index is 0. The number of amides is 1. The third-order valence-corrected chi connectivity index (χ3v) is 4.99. The lowest BCUT2D eigenvalue weighted by Crippen LogP contribution is -2.37. The molecule has 1 aliphatic rings. The van der Waals surface area contributed by atoms with E-state index in [1.807, 2.05) is 0 Å². The quantitative estimate of drug-likeness (QED) is 0.793. The Balaban J connectivity index is 0.00000242. The van der Waals surface area contributed by atoms with E-state index in [1.165, 1.54) is 21.7 Å². The number of sulfonamides is 1. The first kappa shape index (κ1) is 19.0. The third kappa shape index (κ3) is 4.22. The Bertz CT molecular complexity index is 621. The Morgan fingerprint density at radius 2 is 2.18 bits per heavy atom. The van der Waals surface area contributed by atoms with Gasteiger partial charge in [-0.15, -0.1) is 12.4 Å². The molecule has 0 saturated carbocycles. The monoisotopic (exact) mass is 350 g/mol. The van der Waals surface area contributed by atoms with Gasteiger partial charge < -0.3 is 14.8 Å². The zero-order valence-corrected chi connectivity index (χ0v) is 14.6. The number of nitrogens with one attached hydrogen (secondary N) is 2. The van der Waals surface area contributed by atoms with Crippen molar-refractivity contribution >= 4 is 28.3 Å². The first-order valence-electron chi connectivity index (χ1n) is 6.92. The molecule has 0 bridgehead atoms. The van der Waals surface area contributed by atoms with E-state index >= 15 is 0 Å². The lowest BCUT2D eigenvalue weighted by Gasteiger charge is -2.11. The van der Waals surface area contributed by atoms with Gasteiger partial charge >= 0.3 is 0 Å². The smallest absolute Gasteiger partial charge is 0.269 e. The maximum Gasteiger partial charge on any atom is 0.269 e. The van der Waals surface area contributed by atoms with Gasteiger partial charge in [-0.3, -0.25) is 4.79 Å². The highest BCUT2D eigenvalue weighted by Gasteiger charge is 2.23. The van der Waals surface area contributed by atoms with Crippen molar-refractivity contribution in [3.63, 3.8) is 0 Å². The van der Waals surface area contributed by atoms with Crippen LogP contribution in [0.5, 0.6) is 0 Å². The van der Waals surface area contributed by atoms with Crippen molar-refractivity contribution in [3.05, 3.63) is 18.0 Å². The summed E-state index contributed by atoms with van der Waals surface area (Å²) in [6.07, 6.45) is 3.50. The van der Waals surface area contributed by atoms with Crippen LogP contribution in [0, 0.1) is 0 Å². The van der Waals surface area contributed by atoms with Gasteiger partial charge in [-0.2, -0.15) is 0 Å². The number of carbonyl (C=O) groups excluding carboxylic acids is 1. The van der Waals surface area contributed by atoms with Gasteiger partial charge in [-0.1, -0.05) is 0 Å². The van der Waals surface area contributed by atoms with Crippen molar-refractivity contribution in [2.75, 3.05) is 27.2 Å². The van der Waals surface area contributed by atoms with Crippen molar-refractivity contribution in [1.82, 2.24) is 19.5 Å². The van der Waals surface area contributed by atoms with Crippen molar-refractivity contribution in [1.29, 1.82) is 0 Å². The average molecular weight is 351 g/mol. The highest BCUT2D eigenvalue weighted by atomic mass is 35.5. The summed E-state index contributed by atoms with van der Waals surface area (Å²) < 4.78 is 28.7. The molecule has 7 nitrogen and oxygen atoms in total. The van der Waals surface area contributed by atoms with Gasteiger partial charge in [-0.05, 0) is 25.5 Å². The molecule has 9 heteroatoms. The van der Waals surface area contributed by atoms with Crippen LogP contribution in [0.3, 0.4) is 0 Å². The molecule has 0 aliphatic carbocycles. The fourth-order valence-corrected chi connectivity index (χ4v) is 3.50. The Kier molecular flexibility index (Phi) is 6.42. The number of hydrogen-bond donors (Lipinski definition) is 2. The van der Waals surface area contributed by atoms with Crippen LogP contribution >= 0.6 is 12.4 Å². The minimum Gasteiger partial charge on any atom is -0.345 e. The standard InChI is InChI=1S/C13H22N4O3S.ClH/c1-16(2)13(18)12-7-11(9-17(12)3)21(19,20)15-8-10-5-4-6-14-10;/h7,9-10,14-15H,4-6,8H2,1-3H3;1H.